The highest BCUT2D eigenvalue weighted by molar-refractivity contribution is 5.38. The topological polar surface area (TPSA) is 0 Å². The molecule has 0 N–H and O–H groups in total. The molecule has 1 saturated carbocycles. The molecule has 2 aliphatic rings. The van der Waals surface area contributed by atoms with Crippen LogP contribution in [-0.2, 0) is 19.3 Å². The zero-order valence-electron chi connectivity index (χ0n) is 19.8. The van der Waals surface area contributed by atoms with Crippen LogP contribution >= 0.6 is 0 Å². The van der Waals surface area contributed by atoms with Crippen LogP contribution in [0.25, 0.3) is 0 Å². The van der Waals surface area contributed by atoms with E-state index in [-0.39, 0.29) is 0 Å². The van der Waals surface area contributed by atoms with Gasteiger partial charge in [-0.15, -0.1) is 6.58 Å². The smallest absolute Gasteiger partial charge is 0.0118 e. The van der Waals surface area contributed by atoms with Gasteiger partial charge in [0.2, 0.25) is 0 Å². The Labute approximate surface area is 191 Å². The fraction of sp³-hybridized carbons (Fsp3) is 0.548. The summed E-state index contributed by atoms with van der Waals surface area (Å²) >= 11 is 0. The van der Waals surface area contributed by atoms with Crippen molar-refractivity contribution in [2.24, 2.45) is 5.92 Å². The van der Waals surface area contributed by atoms with Crippen molar-refractivity contribution in [2.45, 2.75) is 102 Å². The van der Waals surface area contributed by atoms with Crippen LogP contribution in [0.5, 0.6) is 0 Å². The van der Waals surface area contributed by atoms with Gasteiger partial charge in [0.15, 0.2) is 0 Å². The van der Waals surface area contributed by atoms with Crippen molar-refractivity contribution >= 4 is 0 Å². The van der Waals surface area contributed by atoms with Crippen molar-refractivity contribution in [1.82, 2.24) is 0 Å². The number of unbranched alkanes of at least 4 members (excludes halogenated alkanes) is 2. The van der Waals surface area contributed by atoms with E-state index in [1.165, 1.54) is 76.2 Å². The minimum absolute atomic E-state index is 0.690. The van der Waals surface area contributed by atoms with Gasteiger partial charge in [0, 0.05) is 0 Å². The third kappa shape index (κ3) is 5.91. The van der Waals surface area contributed by atoms with E-state index >= 15 is 0 Å². The van der Waals surface area contributed by atoms with E-state index in [4.69, 9.17) is 0 Å². The lowest BCUT2D eigenvalue weighted by Gasteiger charge is -2.29. The Kier molecular flexibility index (Phi) is 8.06. The molecule has 2 aliphatic carbocycles. The summed E-state index contributed by atoms with van der Waals surface area (Å²) in [5, 5.41) is 0. The fourth-order valence-electron chi connectivity index (χ4n) is 6.02. The van der Waals surface area contributed by atoms with Crippen LogP contribution in [0.3, 0.4) is 0 Å². The lowest BCUT2D eigenvalue weighted by molar-refractivity contribution is 0.303. The van der Waals surface area contributed by atoms with Gasteiger partial charge in [0.05, 0.1) is 0 Å². The molecular weight excluding hydrogens is 372 g/mol. The molecule has 1 unspecified atom stereocenters. The molecule has 0 spiro atoms. The number of benzene rings is 2. The number of fused-ring (bicyclic) bond motifs is 1. The van der Waals surface area contributed by atoms with Crippen molar-refractivity contribution in [2.75, 3.05) is 0 Å². The van der Waals surface area contributed by atoms with E-state index in [9.17, 15) is 0 Å². The second kappa shape index (κ2) is 11.2. The van der Waals surface area contributed by atoms with Crippen LogP contribution in [0, 0.1) is 5.92 Å². The molecular formula is C31H42. The molecule has 0 saturated heterocycles. The van der Waals surface area contributed by atoms with Crippen molar-refractivity contribution in [3.63, 3.8) is 0 Å². The van der Waals surface area contributed by atoms with Crippen LogP contribution in [0.2, 0.25) is 0 Å². The number of hydrogen-bond donors (Lipinski definition) is 0. The van der Waals surface area contributed by atoms with Crippen molar-refractivity contribution < 1.29 is 0 Å². The summed E-state index contributed by atoms with van der Waals surface area (Å²) in [7, 11) is 0. The highest BCUT2D eigenvalue weighted by atomic mass is 14.3. The highest BCUT2D eigenvalue weighted by Crippen LogP contribution is 2.39. The minimum atomic E-state index is 0.690. The molecule has 4 rings (SSSR count). The first-order chi connectivity index (χ1) is 15.3. The number of aryl methyl sites for hydroxylation is 2. The van der Waals surface area contributed by atoms with Crippen molar-refractivity contribution in [3.8, 4) is 0 Å². The van der Waals surface area contributed by atoms with Crippen LogP contribution in [0.1, 0.15) is 111 Å². The predicted octanol–water partition coefficient (Wildman–Crippen LogP) is 8.93. The molecule has 1 atom stereocenters. The minimum Gasteiger partial charge on any atom is -0.103 e. The average Bonchev–Trinajstić information content (AvgIpc) is 2.83. The van der Waals surface area contributed by atoms with Crippen LogP contribution in [-0.4, -0.2) is 0 Å². The maximum absolute atomic E-state index is 3.86. The molecule has 0 amide bonds. The van der Waals surface area contributed by atoms with E-state index in [1.807, 2.05) is 6.08 Å². The van der Waals surface area contributed by atoms with Gasteiger partial charge in [0.1, 0.15) is 0 Å². The average molecular weight is 415 g/mol. The normalized spacial score (nSPS) is 23.3. The summed E-state index contributed by atoms with van der Waals surface area (Å²) in [4.78, 5) is 0. The van der Waals surface area contributed by atoms with Crippen LogP contribution in [0.4, 0.5) is 0 Å². The maximum atomic E-state index is 3.86. The van der Waals surface area contributed by atoms with Crippen LogP contribution < -0.4 is 0 Å². The molecule has 2 aromatic carbocycles. The summed E-state index contributed by atoms with van der Waals surface area (Å²) in [6.07, 6.45) is 19.4. The van der Waals surface area contributed by atoms with Gasteiger partial charge >= 0.3 is 0 Å². The maximum Gasteiger partial charge on any atom is -0.0118 e. The molecule has 0 heterocycles. The molecule has 0 aromatic heterocycles. The second-order valence-electron chi connectivity index (χ2n) is 10.3. The van der Waals surface area contributed by atoms with Crippen molar-refractivity contribution in [1.29, 1.82) is 0 Å². The van der Waals surface area contributed by atoms with Gasteiger partial charge in [-0.05, 0) is 103 Å². The first-order valence-electron chi connectivity index (χ1n) is 13.1. The Balaban J connectivity index is 1.31. The van der Waals surface area contributed by atoms with Gasteiger partial charge in [-0.1, -0.05) is 81.1 Å². The molecule has 0 heteroatoms. The van der Waals surface area contributed by atoms with Gasteiger partial charge in [-0.2, -0.15) is 0 Å². The summed E-state index contributed by atoms with van der Waals surface area (Å²) in [5.41, 5.74) is 7.79. The summed E-state index contributed by atoms with van der Waals surface area (Å²) in [5.74, 6) is 2.49. The quantitative estimate of drug-likeness (QED) is 0.284. The lowest BCUT2D eigenvalue weighted by atomic mass is 9.76. The molecule has 0 radical (unpaired) electrons. The van der Waals surface area contributed by atoms with Crippen LogP contribution in [0.15, 0.2) is 55.1 Å². The summed E-state index contributed by atoms with van der Waals surface area (Å²) in [6.45, 7) is 6.17. The number of hydrogen-bond acceptors (Lipinski definition) is 0. The first-order valence-corrected chi connectivity index (χ1v) is 13.1. The van der Waals surface area contributed by atoms with E-state index in [0.29, 0.717) is 5.92 Å². The zero-order chi connectivity index (χ0) is 21.5. The summed E-state index contributed by atoms with van der Waals surface area (Å²) < 4.78 is 0. The Bertz CT molecular complexity index is 820. The molecule has 2 aromatic rings. The monoisotopic (exact) mass is 414 g/mol. The van der Waals surface area contributed by atoms with E-state index in [2.05, 4.69) is 56.0 Å². The molecule has 31 heavy (non-hydrogen) atoms. The molecule has 1 fully saturated rings. The Morgan fingerprint density at radius 1 is 0.839 bits per heavy atom. The first kappa shape index (κ1) is 22.4. The number of allylic oxidation sites excluding steroid dienone is 1. The predicted molar refractivity (Wildman–Crippen MR) is 135 cm³/mol. The number of rotatable bonds is 9. The molecule has 166 valence electrons. The highest BCUT2D eigenvalue weighted by Gasteiger charge is 2.23. The van der Waals surface area contributed by atoms with Crippen molar-refractivity contribution in [3.05, 3.63) is 82.9 Å². The molecule has 0 bridgehead atoms. The lowest BCUT2D eigenvalue weighted by Crippen LogP contribution is -2.14. The van der Waals surface area contributed by atoms with E-state index < -0.39 is 0 Å². The Morgan fingerprint density at radius 2 is 1.58 bits per heavy atom. The fourth-order valence-corrected chi connectivity index (χ4v) is 6.02. The van der Waals surface area contributed by atoms with Gasteiger partial charge < -0.3 is 0 Å². The Morgan fingerprint density at radius 3 is 2.29 bits per heavy atom. The standard InChI is InChI=1S/C31H42/c1-3-5-7-9-24-10-13-26(14-11-24)27-16-18-28(19-17-27)30-21-20-29-22-25(8-6-4-2)12-15-31(29)23-30/h4,12,15-19,22,24,26,30H,2-3,5-11,13-14,20-21,23H2,1H3. The zero-order valence-corrected chi connectivity index (χ0v) is 19.8. The van der Waals surface area contributed by atoms with E-state index in [1.54, 1.807) is 22.3 Å². The Hall–Kier alpha value is -1.82. The van der Waals surface area contributed by atoms with Gasteiger partial charge in [-0.3, -0.25) is 0 Å². The summed E-state index contributed by atoms with van der Waals surface area (Å²) in [6, 6.07) is 17.0. The van der Waals surface area contributed by atoms with E-state index in [0.717, 1.165) is 24.7 Å². The molecule has 0 aliphatic heterocycles. The second-order valence-corrected chi connectivity index (χ2v) is 10.3. The third-order valence-electron chi connectivity index (χ3n) is 8.08. The third-order valence-corrected chi connectivity index (χ3v) is 8.08. The van der Waals surface area contributed by atoms with Gasteiger partial charge in [0.25, 0.3) is 0 Å². The largest absolute Gasteiger partial charge is 0.103 e. The molecule has 0 nitrogen and oxygen atoms in total. The van der Waals surface area contributed by atoms with Gasteiger partial charge in [-0.25, -0.2) is 0 Å². The SMILES string of the molecule is C=CCCc1ccc2c(c1)CCC(c1ccc(C3CCC(CCCCC)CC3)cc1)C2.